The molecule has 4 heteroatoms. The van der Waals surface area contributed by atoms with Gasteiger partial charge in [-0.15, -0.1) is 11.3 Å². The van der Waals surface area contributed by atoms with Crippen LogP contribution >= 0.6 is 22.9 Å². The van der Waals surface area contributed by atoms with Gasteiger partial charge in [0, 0.05) is 16.3 Å². The molecule has 0 radical (unpaired) electrons. The minimum atomic E-state index is -0.393. The fourth-order valence-electron chi connectivity index (χ4n) is 1.52. The Morgan fingerprint density at radius 3 is 2.76 bits per heavy atom. The number of carbonyl (C=O) groups is 1. The van der Waals surface area contributed by atoms with Crippen molar-refractivity contribution in [1.82, 2.24) is 0 Å². The lowest BCUT2D eigenvalue weighted by atomic mass is 10.1. The lowest BCUT2D eigenvalue weighted by Crippen LogP contribution is -2.03. The van der Waals surface area contributed by atoms with Crippen LogP contribution in [-0.2, 0) is 6.42 Å². The summed E-state index contributed by atoms with van der Waals surface area (Å²) in [6.45, 7) is 1.93. The maximum atomic E-state index is 13.4. The van der Waals surface area contributed by atoms with Crippen LogP contribution in [0.3, 0.4) is 0 Å². The molecule has 1 aromatic heterocycles. The first-order chi connectivity index (χ1) is 8.06. The highest BCUT2D eigenvalue weighted by atomic mass is 35.5. The smallest absolute Gasteiger partial charge is 0.177 e. The number of rotatable bonds is 3. The number of aryl methyl sites for hydroxylation is 1. The summed E-state index contributed by atoms with van der Waals surface area (Å²) in [4.78, 5) is 13.6. The molecule has 0 amide bonds. The van der Waals surface area contributed by atoms with E-state index in [1.54, 1.807) is 6.07 Å². The maximum absolute atomic E-state index is 13.4. The predicted molar refractivity (Wildman–Crippen MR) is 68.5 cm³/mol. The highest BCUT2D eigenvalue weighted by Crippen LogP contribution is 2.20. The summed E-state index contributed by atoms with van der Waals surface area (Å²) in [5.41, 5.74) is 0.341. The molecule has 2 rings (SSSR count). The normalized spacial score (nSPS) is 10.5. The molecule has 0 aliphatic heterocycles. The van der Waals surface area contributed by atoms with Gasteiger partial charge >= 0.3 is 0 Å². The highest BCUT2D eigenvalue weighted by molar-refractivity contribution is 7.14. The average molecular weight is 269 g/mol. The second-order valence-corrected chi connectivity index (χ2v) is 5.47. The van der Waals surface area contributed by atoms with Crippen LogP contribution in [0.2, 0.25) is 5.02 Å². The average Bonchev–Trinajstić information content (AvgIpc) is 2.70. The van der Waals surface area contributed by atoms with Gasteiger partial charge in [-0.3, -0.25) is 4.79 Å². The van der Waals surface area contributed by atoms with E-state index in [0.717, 1.165) is 4.88 Å². The second kappa shape index (κ2) is 4.98. The first-order valence-electron chi connectivity index (χ1n) is 5.10. The molecule has 0 N–H and O–H groups in total. The Balaban J connectivity index is 2.21. The zero-order chi connectivity index (χ0) is 12.4. The molecule has 0 aliphatic rings. The summed E-state index contributed by atoms with van der Waals surface area (Å²) in [5.74, 6) is -0.472. The van der Waals surface area contributed by atoms with Crippen molar-refractivity contribution in [3.63, 3.8) is 0 Å². The SMILES string of the molecule is Cc1ccc(C(=O)Cc2cc(Cl)ccc2F)s1. The Hall–Kier alpha value is -1.19. The summed E-state index contributed by atoms with van der Waals surface area (Å²) in [6.07, 6.45) is 0.0480. The molecule has 2 aromatic rings. The van der Waals surface area contributed by atoms with Gasteiger partial charge in [-0.25, -0.2) is 4.39 Å². The summed E-state index contributed by atoms with van der Waals surface area (Å²) in [6, 6.07) is 7.90. The molecule has 0 unspecified atom stereocenters. The quantitative estimate of drug-likeness (QED) is 0.760. The molecule has 0 saturated heterocycles. The molecule has 0 atom stereocenters. The predicted octanol–water partition coefficient (Wildman–Crippen LogP) is 4.27. The molecule has 0 bridgehead atoms. The Kier molecular flexibility index (Phi) is 3.60. The molecule has 17 heavy (non-hydrogen) atoms. The van der Waals surface area contributed by atoms with E-state index in [1.807, 2.05) is 13.0 Å². The van der Waals surface area contributed by atoms with Crippen LogP contribution < -0.4 is 0 Å². The summed E-state index contributed by atoms with van der Waals surface area (Å²) < 4.78 is 13.4. The van der Waals surface area contributed by atoms with E-state index in [1.165, 1.54) is 29.5 Å². The zero-order valence-electron chi connectivity index (χ0n) is 9.17. The van der Waals surface area contributed by atoms with Gasteiger partial charge in [-0.2, -0.15) is 0 Å². The summed E-state index contributed by atoms with van der Waals surface area (Å²) in [5, 5.41) is 0.441. The van der Waals surface area contributed by atoms with Crippen LogP contribution in [0.4, 0.5) is 4.39 Å². The van der Waals surface area contributed by atoms with Gasteiger partial charge < -0.3 is 0 Å². The van der Waals surface area contributed by atoms with Gasteiger partial charge in [0.05, 0.1) is 4.88 Å². The number of halogens is 2. The Labute approximate surface area is 108 Å². The van der Waals surface area contributed by atoms with Gasteiger partial charge in [0.2, 0.25) is 0 Å². The minimum Gasteiger partial charge on any atom is -0.293 e. The topological polar surface area (TPSA) is 17.1 Å². The fourth-order valence-corrected chi connectivity index (χ4v) is 2.52. The zero-order valence-corrected chi connectivity index (χ0v) is 10.7. The standard InChI is InChI=1S/C13H10ClFOS/c1-8-2-5-13(17-8)12(16)7-9-6-10(14)3-4-11(9)15/h2-6H,7H2,1H3. The molecule has 1 nitrogen and oxygen atoms in total. The Bertz CT molecular complexity index is 562. The summed E-state index contributed by atoms with van der Waals surface area (Å²) in [7, 11) is 0. The number of hydrogen-bond acceptors (Lipinski definition) is 2. The molecule has 0 saturated carbocycles. The van der Waals surface area contributed by atoms with Crippen LogP contribution in [0.5, 0.6) is 0 Å². The molecule has 0 spiro atoms. The third-order valence-electron chi connectivity index (χ3n) is 2.37. The van der Waals surface area contributed by atoms with E-state index in [9.17, 15) is 9.18 Å². The number of Topliss-reactive ketones (excluding diaryl/α,β-unsaturated/α-hetero) is 1. The first-order valence-corrected chi connectivity index (χ1v) is 6.29. The summed E-state index contributed by atoms with van der Waals surface area (Å²) >= 11 is 7.20. The molecular weight excluding hydrogens is 259 g/mol. The van der Waals surface area contributed by atoms with E-state index >= 15 is 0 Å². The largest absolute Gasteiger partial charge is 0.293 e. The molecule has 0 fully saturated rings. The fraction of sp³-hybridized carbons (Fsp3) is 0.154. The lowest BCUT2D eigenvalue weighted by molar-refractivity contribution is 0.0995. The van der Waals surface area contributed by atoms with Gasteiger partial charge in [0.25, 0.3) is 0 Å². The molecule has 1 aromatic carbocycles. The molecule has 1 heterocycles. The lowest BCUT2D eigenvalue weighted by Gasteiger charge is -2.02. The van der Waals surface area contributed by atoms with Crippen LogP contribution in [0.25, 0.3) is 0 Å². The van der Waals surface area contributed by atoms with Crippen molar-refractivity contribution in [2.75, 3.05) is 0 Å². The highest BCUT2D eigenvalue weighted by Gasteiger charge is 2.12. The number of ketones is 1. The van der Waals surface area contributed by atoms with Crippen molar-refractivity contribution in [3.05, 3.63) is 56.5 Å². The van der Waals surface area contributed by atoms with Gasteiger partial charge in [-0.1, -0.05) is 11.6 Å². The van der Waals surface area contributed by atoms with Crippen LogP contribution in [0.1, 0.15) is 20.1 Å². The van der Waals surface area contributed by atoms with Gasteiger partial charge in [0.1, 0.15) is 5.82 Å². The van der Waals surface area contributed by atoms with E-state index in [2.05, 4.69) is 0 Å². The first kappa shape index (κ1) is 12.3. The van der Waals surface area contributed by atoms with Crippen molar-refractivity contribution < 1.29 is 9.18 Å². The molecule has 88 valence electrons. The second-order valence-electron chi connectivity index (χ2n) is 3.75. The van der Waals surface area contributed by atoms with E-state index in [0.29, 0.717) is 15.5 Å². The number of benzene rings is 1. The third-order valence-corrected chi connectivity index (χ3v) is 3.65. The minimum absolute atomic E-state index is 0.0480. The van der Waals surface area contributed by atoms with E-state index in [4.69, 9.17) is 11.6 Å². The number of carbonyl (C=O) groups excluding carboxylic acids is 1. The van der Waals surface area contributed by atoms with Gasteiger partial charge in [0.15, 0.2) is 5.78 Å². The molecular formula is C13H10ClFOS. The van der Waals surface area contributed by atoms with Crippen LogP contribution in [-0.4, -0.2) is 5.78 Å². The van der Waals surface area contributed by atoms with Crippen molar-refractivity contribution >= 4 is 28.7 Å². The monoisotopic (exact) mass is 268 g/mol. The molecule has 0 aliphatic carbocycles. The Morgan fingerprint density at radius 1 is 1.35 bits per heavy atom. The van der Waals surface area contributed by atoms with Crippen molar-refractivity contribution in [2.24, 2.45) is 0 Å². The van der Waals surface area contributed by atoms with Gasteiger partial charge in [-0.05, 0) is 42.8 Å². The number of hydrogen-bond donors (Lipinski definition) is 0. The van der Waals surface area contributed by atoms with Crippen molar-refractivity contribution in [2.45, 2.75) is 13.3 Å². The Morgan fingerprint density at radius 2 is 2.12 bits per heavy atom. The van der Waals surface area contributed by atoms with E-state index in [-0.39, 0.29) is 12.2 Å². The maximum Gasteiger partial charge on any atom is 0.177 e. The van der Waals surface area contributed by atoms with E-state index < -0.39 is 5.82 Å². The van der Waals surface area contributed by atoms with Crippen molar-refractivity contribution in [3.8, 4) is 0 Å². The third kappa shape index (κ3) is 2.93. The van der Waals surface area contributed by atoms with Crippen molar-refractivity contribution in [1.29, 1.82) is 0 Å². The van der Waals surface area contributed by atoms with Crippen LogP contribution in [0, 0.1) is 12.7 Å². The van der Waals surface area contributed by atoms with Crippen LogP contribution in [0.15, 0.2) is 30.3 Å². The number of thiophene rings is 1.